The summed E-state index contributed by atoms with van der Waals surface area (Å²) in [6.07, 6.45) is 8.02. The maximum atomic E-state index is 12.9. The van der Waals surface area contributed by atoms with Gasteiger partial charge < -0.3 is 34.5 Å². The molecule has 0 bridgehead atoms. The van der Waals surface area contributed by atoms with Gasteiger partial charge in [0.15, 0.2) is 23.6 Å². The van der Waals surface area contributed by atoms with Crippen LogP contribution in [0.3, 0.4) is 0 Å². The van der Waals surface area contributed by atoms with Crippen LogP contribution in [0, 0.1) is 0 Å². The molecule has 4 fully saturated rings. The van der Waals surface area contributed by atoms with E-state index in [1.807, 2.05) is 53.7 Å². The highest BCUT2D eigenvalue weighted by molar-refractivity contribution is 6.01. The van der Waals surface area contributed by atoms with E-state index in [0.717, 1.165) is 86.4 Å². The summed E-state index contributed by atoms with van der Waals surface area (Å²) in [6, 6.07) is 25.8. The first-order valence-corrected chi connectivity index (χ1v) is 22.1. The molecule has 1 atom stereocenters. The number of benzene rings is 3. The number of nitrogens with one attached hydrogen (secondary N) is 3. The molecule has 3 saturated heterocycles. The SMILES string of the molecule is O=C1CC[C@@H](c2ccc(OCC(=O)N3CCC(OCCN4CCN(c5ccc(Nc6ncnc7c6ncn7C6CC(NC(=O)Cc7ccccc7)C6)cc5)CC4)CC3)cc2)C(=O)N1. The second kappa shape index (κ2) is 19.3. The number of imidazole rings is 1. The topological polar surface area (TPSA) is 176 Å². The molecule has 2 aromatic heterocycles. The lowest BCUT2D eigenvalue weighted by Crippen LogP contribution is -2.48. The molecule has 0 unspecified atom stereocenters. The number of carbonyl (C=O) groups is 4. The van der Waals surface area contributed by atoms with Crippen LogP contribution in [-0.4, -0.2) is 124 Å². The minimum atomic E-state index is -0.349. The number of nitrogens with zero attached hydrogens (tertiary/aromatic N) is 7. The number of imide groups is 1. The molecule has 5 aromatic rings. The molecule has 1 saturated carbocycles. The first-order valence-electron chi connectivity index (χ1n) is 22.1. The van der Waals surface area contributed by atoms with Crippen LogP contribution in [-0.2, 0) is 30.3 Å². The zero-order valence-corrected chi connectivity index (χ0v) is 35.4. The molecule has 0 radical (unpaired) electrons. The number of anilines is 3. The average Bonchev–Trinajstić information content (AvgIpc) is 3.72. The van der Waals surface area contributed by atoms with Crippen molar-refractivity contribution in [1.82, 2.24) is 40.0 Å². The molecular formula is C47H54N10O6. The van der Waals surface area contributed by atoms with E-state index in [4.69, 9.17) is 9.47 Å². The van der Waals surface area contributed by atoms with Crippen LogP contribution in [0.2, 0.25) is 0 Å². The first kappa shape index (κ1) is 41.9. The highest BCUT2D eigenvalue weighted by Gasteiger charge is 2.33. The van der Waals surface area contributed by atoms with Crippen molar-refractivity contribution in [3.63, 3.8) is 0 Å². The van der Waals surface area contributed by atoms with E-state index < -0.39 is 0 Å². The van der Waals surface area contributed by atoms with Gasteiger partial charge in [0.2, 0.25) is 17.7 Å². The van der Waals surface area contributed by atoms with Crippen molar-refractivity contribution in [1.29, 1.82) is 0 Å². The van der Waals surface area contributed by atoms with Gasteiger partial charge in [0.25, 0.3) is 5.91 Å². The summed E-state index contributed by atoms with van der Waals surface area (Å²) in [4.78, 5) is 69.5. The van der Waals surface area contributed by atoms with E-state index in [1.165, 1.54) is 5.69 Å². The zero-order valence-electron chi connectivity index (χ0n) is 35.4. The molecule has 4 aliphatic rings. The van der Waals surface area contributed by atoms with Crippen molar-refractivity contribution in [2.45, 2.75) is 69.1 Å². The monoisotopic (exact) mass is 854 g/mol. The Labute approximate surface area is 366 Å². The number of aromatic nitrogens is 4. The molecular weight excluding hydrogens is 801 g/mol. The molecule has 3 aliphatic heterocycles. The summed E-state index contributed by atoms with van der Waals surface area (Å²) >= 11 is 0. The van der Waals surface area contributed by atoms with Gasteiger partial charge in [-0.3, -0.25) is 29.4 Å². The van der Waals surface area contributed by atoms with E-state index in [0.29, 0.717) is 50.5 Å². The third kappa shape index (κ3) is 10.3. The Balaban J connectivity index is 0.656. The van der Waals surface area contributed by atoms with E-state index in [-0.39, 0.29) is 54.3 Å². The fourth-order valence-electron chi connectivity index (χ4n) is 8.99. The Morgan fingerprint density at radius 3 is 2.33 bits per heavy atom. The predicted octanol–water partition coefficient (Wildman–Crippen LogP) is 4.36. The van der Waals surface area contributed by atoms with Gasteiger partial charge in [0.1, 0.15) is 12.1 Å². The molecule has 0 spiro atoms. The number of rotatable bonds is 15. The first-order chi connectivity index (χ1) is 30.8. The number of piperazine rings is 1. The lowest BCUT2D eigenvalue weighted by molar-refractivity contribution is -0.136. The number of ether oxygens (including phenoxy) is 2. The van der Waals surface area contributed by atoms with Crippen LogP contribution >= 0.6 is 0 Å². The second-order valence-electron chi connectivity index (χ2n) is 16.9. The van der Waals surface area contributed by atoms with Crippen molar-refractivity contribution in [2.75, 3.05) is 69.2 Å². The highest BCUT2D eigenvalue weighted by atomic mass is 16.5. The lowest BCUT2D eigenvalue weighted by Gasteiger charge is -2.36. The molecule has 4 amide bonds. The normalized spacial score (nSPS) is 20.9. The maximum absolute atomic E-state index is 12.9. The Morgan fingerprint density at radius 2 is 1.59 bits per heavy atom. The van der Waals surface area contributed by atoms with Crippen molar-refractivity contribution < 1.29 is 28.7 Å². The van der Waals surface area contributed by atoms with Crippen LogP contribution in [0.1, 0.15) is 61.6 Å². The van der Waals surface area contributed by atoms with Gasteiger partial charge in [-0.15, -0.1) is 0 Å². The number of fused-ring (bicyclic) bond motifs is 1. The standard InChI is InChI=1S/C47H54N10O6/c58-41-15-14-40(47(61)53-41)33-6-12-38(13-7-33)63-29-43(60)56-18-16-39(17-19-56)62-25-24-54-20-22-55(23-21-54)36-10-8-34(9-11-36)52-45-44-46(49-30-48-45)57(31-50-44)37-27-35(28-37)51-42(59)26-32-4-2-1-3-5-32/h1-13,30-31,35,37,39-40H,14-29H2,(H,51,59)(H,48,49,52)(H,53,58,61)/t35?,37?,40-/m0/s1. The zero-order chi connectivity index (χ0) is 43.1. The molecule has 63 heavy (non-hydrogen) atoms. The van der Waals surface area contributed by atoms with E-state index in [2.05, 4.69) is 69.5 Å². The predicted molar refractivity (Wildman–Crippen MR) is 237 cm³/mol. The number of likely N-dealkylation sites (tertiary alicyclic amines) is 1. The van der Waals surface area contributed by atoms with Crippen molar-refractivity contribution in [3.8, 4) is 5.75 Å². The van der Waals surface area contributed by atoms with E-state index in [9.17, 15) is 19.2 Å². The third-order valence-corrected chi connectivity index (χ3v) is 12.7. The molecule has 1 aliphatic carbocycles. The summed E-state index contributed by atoms with van der Waals surface area (Å²) in [5, 5.41) is 9.00. The number of hydrogen-bond acceptors (Lipinski definition) is 12. The van der Waals surface area contributed by atoms with Crippen molar-refractivity contribution in [3.05, 3.63) is 103 Å². The fraction of sp³-hybridized carbons (Fsp3) is 0.426. The van der Waals surface area contributed by atoms with E-state index >= 15 is 0 Å². The van der Waals surface area contributed by atoms with Gasteiger partial charge in [-0.2, -0.15) is 0 Å². The molecule has 16 heteroatoms. The largest absolute Gasteiger partial charge is 0.484 e. The molecule has 328 valence electrons. The Kier molecular flexibility index (Phi) is 12.9. The molecule has 16 nitrogen and oxygen atoms in total. The van der Waals surface area contributed by atoms with Crippen molar-refractivity contribution in [2.24, 2.45) is 0 Å². The Hall–Kier alpha value is -6.39. The number of amides is 4. The van der Waals surface area contributed by atoms with Gasteiger partial charge in [-0.05, 0) is 79.6 Å². The lowest BCUT2D eigenvalue weighted by atomic mass is 9.86. The van der Waals surface area contributed by atoms with Gasteiger partial charge in [-0.1, -0.05) is 42.5 Å². The highest BCUT2D eigenvalue weighted by Crippen LogP contribution is 2.35. The molecule has 3 N–H and O–H groups in total. The van der Waals surface area contributed by atoms with Crippen LogP contribution in [0.5, 0.6) is 5.75 Å². The summed E-state index contributed by atoms with van der Waals surface area (Å²) in [5.74, 6) is 0.368. The van der Waals surface area contributed by atoms with Crippen LogP contribution < -0.4 is 25.6 Å². The van der Waals surface area contributed by atoms with E-state index in [1.54, 1.807) is 18.5 Å². The number of carbonyl (C=O) groups excluding carboxylic acids is 4. The molecule has 3 aromatic carbocycles. The minimum absolute atomic E-state index is 0.0432. The Bertz CT molecular complexity index is 2370. The van der Waals surface area contributed by atoms with Crippen LogP contribution in [0.4, 0.5) is 17.2 Å². The quantitative estimate of drug-likeness (QED) is 0.127. The number of piperidine rings is 2. The van der Waals surface area contributed by atoms with Gasteiger partial charge >= 0.3 is 0 Å². The summed E-state index contributed by atoms with van der Waals surface area (Å²) in [6.45, 7) is 6.56. The maximum Gasteiger partial charge on any atom is 0.260 e. The fourth-order valence-corrected chi connectivity index (χ4v) is 8.99. The average molecular weight is 855 g/mol. The smallest absolute Gasteiger partial charge is 0.260 e. The second-order valence-corrected chi connectivity index (χ2v) is 16.9. The van der Waals surface area contributed by atoms with Gasteiger partial charge in [-0.25, -0.2) is 15.0 Å². The summed E-state index contributed by atoms with van der Waals surface area (Å²) in [7, 11) is 0. The summed E-state index contributed by atoms with van der Waals surface area (Å²) in [5.41, 5.74) is 5.44. The van der Waals surface area contributed by atoms with Gasteiger partial charge in [0.05, 0.1) is 31.4 Å². The van der Waals surface area contributed by atoms with Crippen molar-refractivity contribution >= 4 is 52.0 Å². The molecule has 9 rings (SSSR count). The molecule has 5 heterocycles. The van der Waals surface area contributed by atoms with Crippen LogP contribution in [0.15, 0.2) is 91.5 Å². The third-order valence-electron chi connectivity index (χ3n) is 12.7. The minimum Gasteiger partial charge on any atom is -0.484 e. The summed E-state index contributed by atoms with van der Waals surface area (Å²) < 4.78 is 14.1. The van der Waals surface area contributed by atoms with Gasteiger partial charge in [0, 0.05) is 75.7 Å². The number of hydrogen-bond donors (Lipinski definition) is 3. The Morgan fingerprint density at radius 1 is 0.825 bits per heavy atom. The van der Waals surface area contributed by atoms with Crippen LogP contribution in [0.25, 0.3) is 11.2 Å².